The zero-order valence-corrected chi connectivity index (χ0v) is 18.4. The number of ether oxygens (including phenoxy) is 2. The molecule has 36 heavy (non-hydrogen) atoms. The number of carbonyl (C=O) groups is 2. The van der Waals surface area contributed by atoms with Gasteiger partial charge in [0.1, 0.15) is 11.9 Å². The summed E-state index contributed by atoms with van der Waals surface area (Å²) in [5, 5.41) is 2.14. The van der Waals surface area contributed by atoms with Gasteiger partial charge in [-0.25, -0.2) is 8.78 Å². The number of primary amides is 1. The smallest absolute Gasteiger partial charge is 0.417 e. The summed E-state index contributed by atoms with van der Waals surface area (Å²) < 4.78 is 119. The van der Waals surface area contributed by atoms with Crippen molar-refractivity contribution in [3.05, 3.63) is 58.9 Å². The van der Waals surface area contributed by atoms with Crippen LogP contribution < -0.4 is 15.8 Å². The Morgan fingerprint density at radius 1 is 1.11 bits per heavy atom. The second kappa shape index (κ2) is 9.56. The predicted octanol–water partition coefficient (Wildman–Crippen LogP) is 4.88. The Morgan fingerprint density at radius 2 is 1.72 bits per heavy atom. The molecule has 0 bridgehead atoms. The lowest BCUT2D eigenvalue weighted by Crippen LogP contribution is -2.47. The van der Waals surface area contributed by atoms with Gasteiger partial charge >= 0.3 is 12.8 Å². The second-order valence-electron chi connectivity index (χ2n) is 8.16. The van der Waals surface area contributed by atoms with Gasteiger partial charge in [0.05, 0.1) is 5.56 Å². The number of carbonyl (C=O) groups excluding carboxylic acids is 2. The van der Waals surface area contributed by atoms with E-state index in [0.717, 1.165) is 25.1 Å². The van der Waals surface area contributed by atoms with Crippen molar-refractivity contribution in [2.75, 3.05) is 5.32 Å². The molecule has 1 aliphatic heterocycles. The molecule has 6 nitrogen and oxygen atoms in total. The molecule has 3 N–H and O–H groups in total. The summed E-state index contributed by atoms with van der Waals surface area (Å²) in [6.45, 7) is -2.08. The van der Waals surface area contributed by atoms with Crippen molar-refractivity contribution >= 4 is 17.5 Å². The van der Waals surface area contributed by atoms with Crippen LogP contribution in [0.2, 0.25) is 0 Å². The molecule has 196 valence electrons. The van der Waals surface area contributed by atoms with Crippen molar-refractivity contribution in [1.29, 1.82) is 0 Å². The van der Waals surface area contributed by atoms with Crippen LogP contribution in [0.15, 0.2) is 30.3 Å². The Balaban J connectivity index is 2.11. The first-order valence-corrected chi connectivity index (χ1v) is 10.2. The highest BCUT2D eigenvalue weighted by Gasteiger charge is 2.66. The molecule has 3 rings (SSSR count). The van der Waals surface area contributed by atoms with E-state index in [-0.39, 0.29) is 5.69 Å². The Kier molecular flexibility index (Phi) is 7.22. The lowest BCUT2D eigenvalue weighted by atomic mass is 9.77. The minimum Gasteiger partial charge on any atom is -0.431 e. The SMILES string of the molecule is C[C@@H]1[C@@H](c2ccc(F)c(F)c2OC(F)F)[C@@H](C(=O)Nc2ccc(F)c(C(N)=O)c2)O[C@]1(C)C(F)(F)F. The summed E-state index contributed by atoms with van der Waals surface area (Å²) in [6.07, 6.45) is -7.18. The molecule has 0 saturated carbocycles. The van der Waals surface area contributed by atoms with Gasteiger partial charge in [0.2, 0.25) is 5.82 Å². The number of rotatable bonds is 6. The number of hydrogen-bond donors (Lipinski definition) is 2. The van der Waals surface area contributed by atoms with E-state index in [0.29, 0.717) is 19.1 Å². The van der Waals surface area contributed by atoms with Crippen molar-refractivity contribution in [2.24, 2.45) is 11.7 Å². The molecule has 2 amide bonds. The molecular weight excluding hydrogens is 508 g/mol. The molecule has 0 unspecified atom stereocenters. The molecule has 0 spiro atoms. The number of benzene rings is 2. The van der Waals surface area contributed by atoms with Gasteiger partial charge in [-0.15, -0.1) is 0 Å². The van der Waals surface area contributed by atoms with Gasteiger partial charge in [-0.05, 0) is 31.2 Å². The average Bonchev–Trinajstić information content (AvgIpc) is 3.04. The fourth-order valence-corrected chi connectivity index (χ4v) is 4.05. The molecule has 2 aromatic carbocycles. The standard InChI is InChI=1S/C22H18F8N2O4/c1-8-14(10-4-6-13(24)15(25)16(10)35-20(26)27)17(36-21(8,2)22(28,29)30)19(34)32-9-3-5-12(23)11(7-9)18(31)33/h3-8,14,17,20H,1-2H3,(H2,31,33)(H,32,34)/t8-,14+,17+,21+/m1/s1. The fourth-order valence-electron chi connectivity index (χ4n) is 4.05. The maximum atomic E-state index is 14.4. The zero-order valence-electron chi connectivity index (χ0n) is 18.4. The van der Waals surface area contributed by atoms with Crippen LogP contribution in [0, 0.1) is 23.4 Å². The van der Waals surface area contributed by atoms with E-state index in [1.54, 1.807) is 0 Å². The summed E-state index contributed by atoms with van der Waals surface area (Å²) in [5.74, 6) is -11.9. The van der Waals surface area contributed by atoms with E-state index in [1.807, 2.05) is 0 Å². The summed E-state index contributed by atoms with van der Waals surface area (Å²) in [6, 6.07) is 3.74. The number of nitrogens with one attached hydrogen (secondary N) is 1. The van der Waals surface area contributed by atoms with Crippen LogP contribution in [-0.4, -0.2) is 36.3 Å². The van der Waals surface area contributed by atoms with E-state index >= 15 is 0 Å². The van der Waals surface area contributed by atoms with Crippen LogP contribution >= 0.6 is 0 Å². The molecule has 4 atom stereocenters. The van der Waals surface area contributed by atoms with Crippen LogP contribution in [0.4, 0.5) is 40.8 Å². The molecule has 0 aromatic heterocycles. The summed E-state index contributed by atoms with van der Waals surface area (Å²) in [5.41, 5.74) is 0.424. The molecule has 0 aliphatic carbocycles. The van der Waals surface area contributed by atoms with Gasteiger partial charge in [0.15, 0.2) is 17.2 Å². The largest absolute Gasteiger partial charge is 0.431 e. The highest BCUT2D eigenvalue weighted by Crippen LogP contribution is 2.55. The molecule has 1 heterocycles. The van der Waals surface area contributed by atoms with Crippen LogP contribution in [-0.2, 0) is 9.53 Å². The number of alkyl halides is 5. The van der Waals surface area contributed by atoms with Crippen molar-refractivity contribution < 1.29 is 54.2 Å². The number of anilines is 1. The van der Waals surface area contributed by atoms with E-state index in [2.05, 4.69) is 10.1 Å². The van der Waals surface area contributed by atoms with Gasteiger partial charge < -0.3 is 20.5 Å². The van der Waals surface area contributed by atoms with Crippen LogP contribution in [0.5, 0.6) is 5.75 Å². The van der Waals surface area contributed by atoms with Crippen LogP contribution in [0.1, 0.15) is 35.7 Å². The minimum absolute atomic E-state index is 0.264. The zero-order chi connectivity index (χ0) is 27.2. The average molecular weight is 526 g/mol. The van der Waals surface area contributed by atoms with Gasteiger partial charge in [-0.2, -0.15) is 26.3 Å². The molecule has 0 radical (unpaired) electrons. The Labute approximate surface area is 198 Å². The normalized spacial score (nSPS) is 24.1. The van der Waals surface area contributed by atoms with Crippen molar-refractivity contribution in [2.45, 2.75) is 44.3 Å². The maximum absolute atomic E-state index is 14.4. The van der Waals surface area contributed by atoms with Crippen LogP contribution in [0.25, 0.3) is 0 Å². The Morgan fingerprint density at radius 3 is 2.28 bits per heavy atom. The highest BCUT2D eigenvalue weighted by atomic mass is 19.4. The predicted molar refractivity (Wildman–Crippen MR) is 108 cm³/mol. The summed E-state index contributed by atoms with van der Waals surface area (Å²) in [7, 11) is 0. The van der Waals surface area contributed by atoms with E-state index in [9.17, 15) is 44.7 Å². The fraction of sp³-hybridized carbons (Fsp3) is 0.364. The summed E-state index contributed by atoms with van der Waals surface area (Å²) in [4.78, 5) is 24.4. The molecular formula is C22H18F8N2O4. The third-order valence-corrected chi connectivity index (χ3v) is 6.07. The van der Waals surface area contributed by atoms with Gasteiger partial charge in [-0.3, -0.25) is 9.59 Å². The Hall–Kier alpha value is -3.42. The molecule has 14 heteroatoms. The van der Waals surface area contributed by atoms with E-state index in [1.165, 1.54) is 0 Å². The first kappa shape index (κ1) is 27.2. The number of nitrogens with two attached hydrogens (primary N) is 1. The first-order chi connectivity index (χ1) is 16.6. The molecule has 1 fully saturated rings. The quantitative estimate of drug-likeness (QED) is 0.525. The highest BCUT2D eigenvalue weighted by molar-refractivity contribution is 5.98. The topological polar surface area (TPSA) is 90.6 Å². The Bertz CT molecular complexity index is 1190. The second-order valence-corrected chi connectivity index (χ2v) is 8.16. The van der Waals surface area contributed by atoms with E-state index in [4.69, 9.17) is 10.5 Å². The van der Waals surface area contributed by atoms with Gasteiger partial charge in [-0.1, -0.05) is 13.0 Å². The number of halogens is 8. The lowest BCUT2D eigenvalue weighted by Gasteiger charge is -2.32. The van der Waals surface area contributed by atoms with Gasteiger partial charge in [0.25, 0.3) is 11.8 Å². The monoisotopic (exact) mass is 526 g/mol. The number of hydrogen-bond acceptors (Lipinski definition) is 4. The molecule has 1 aliphatic rings. The van der Waals surface area contributed by atoms with Gasteiger partial charge in [0, 0.05) is 23.1 Å². The lowest BCUT2D eigenvalue weighted by molar-refractivity contribution is -0.272. The molecule has 2 aromatic rings. The number of amides is 2. The third kappa shape index (κ3) is 4.81. The van der Waals surface area contributed by atoms with Crippen LogP contribution in [0.3, 0.4) is 0 Å². The maximum Gasteiger partial charge on any atom is 0.417 e. The van der Waals surface area contributed by atoms with Crippen molar-refractivity contribution in [3.8, 4) is 5.75 Å². The summed E-state index contributed by atoms with van der Waals surface area (Å²) >= 11 is 0. The third-order valence-electron chi connectivity index (χ3n) is 6.07. The first-order valence-electron chi connectivity index (χ1n) is 10.2. The van der Waals surface area contributed by atoms with Crippen molar-refractivity contribution in [3.63, 3.8) is 0 Å². The molecule has 1 saturated heterocycles. The van der Waals surface area contributed by atoms with Crippen molar-refractivity contribution in [1.82, 2.24) is 0 Å². The van der Waals surface area contributed by atoms with E-state index < -0.39 is 82.5 Å². The minimum atomic E-state index is -5.09.